The predicted octanol–water partition coefficient (Wildman–Crippen LogP) is 3.22. The number of nitrogens with two attached hydrogens (primary N) is 1. The van der Waals surface area contributed by atoms with Crippen molar-refractivity contribution in [1.82, 2.24) is 15.2 Å². The Morgan fingerprint density at radius 2 is 2.28 bits per heavy atom. The second-order valence-electron chi connectivity index (χ2n) is 4.26. The molecule has 0 bridgehead atoms. The van der Waals surface area contributed by atoms with Gasteiger partial charge in [-0.2, -0.15) is 5.10 Å². The highest BCUT2D eigenvalue weighted by molar-refractivity contribution is 7.13. The Hall–Kier alpha value is -1.88. The number of aromatic nitrogens is 3. The minimum Gasteiger partial charge on any atom is -0.382 e. The number of H-pyrrole nitrogens is 1. The number of nitrogens with zero attached hydrogens (tertiary/aromatic N) is 2. The van der Waals surface area contributed by atoms with Crippen molar-refractivity contribution in [2.45, 2.75) is 19.8 Å². The van der Waals surface area contributed by atoms with Gasteiger partial charge in [0.2, 0.25) is 0 Å². The van der Waals surface area contributed by atoms with Crippen molar-refractivity contribution in [1.29, 1.82) is 0 Å². The van der Waals surface area contributed by atoms with E-state index in [-0.39, 0.29) is 0 Å². The number of fused-ring (bicyclic) bond motifs is 1. The number of benzene rings is 1. The molecule has 4 nitrogen and oxygen atoms in total. The van der Waals surface area contributed by atoms with Crippen LogP contribution in [0.4, 0.5) is 5.82 Å². The lowest BCUT2D eigenvalue weighted by Gasteiger charge is -2.04. The van der Waals surface area contributed by atoms with Gasteiger partial charge in [0.05, 0.1) is 5.52 Å². The van der Waals surface area contributed by atoms with E-state index in [9.17, 15) is 0 Å². The molecule has 0 aliphatic rings. The maximum atomic E-state index is 5.90. The summed E-state index contributed by atoms with van der Waals surface area (Å²) in [6.07, 6.45) is 3.97. The molecule has 3 N–H and O–H groups in total. The van der Waals surface area contributed by atoms with E-state index in [4.69, 9.17) is 5.73 Å². The normalized spacial score (nSPS) is 11.2. The molecule has 0 aliphatic heterocycles. The summed E-state index contributed by atoms with van der Waals surface area (Å²) in [5, 5.41) is 11.1. The molecule has 3 aromatic rings. The Labute approximate surface area is 109 Å². The van der Waals surface area contributed by atoms with Crippen molar-refractivity contribution >= 4 is 28.1 Å². The minimum atomic E-state index is 0.556. The fourth-order valence-electron chi connectivity index (χ4n) is 2.16. The van der Waals surface area contributed by atoms with Crippen molar-refractivity contribution in [2.75, 3.05) is 5.73 Å². The second-order valence-corrected chi connectivity index (χ2v) is 5.16. The van der Waals surface area contributed by atoms with Gasteiger partial charge in [-0.3, -0.25) is 5.10 Å². The van der Waals surface area contributed by atoms with Gasteiger partial charge in [-0.15, -0.1) is 11.3 Å². The zero-order valence-electron chi connectivity index (χ0n) is 10.1. The van der Waals surface area contributed by atoms with Crippen LogP contribution in [0, 0.1) is 0 Å². The monoisotopic (exact) mass is 258 g/mol. The highest BCUT2D eigenvalue weighted by Gasteiger charge is 2.12. The number of thiazole rings is 1. The molecule has 18 heavy (non-hydrogen) atoms. The van der Waals surface area contributed by atoms with Crippen molar-refractivity contribution < 1.29 is 0 Å². The van der Waals surface area contributed by atoms with Crippen LogP contribution < -0.4 is 5.73 Å². The minimum absolute atomic E-state index is 0.556. The van der Waals surface area contributed by atoms with Crippen LogP contribution in [0.3, 0.4) is 0 Å². The number of aryl methyl sites for hydroxylation is 1. The van der Waals surface area contributed by atoms with Gasteiger partial charge in [0.15, 0.2) is 5.82 Å². The summed E-state index contributed by atoms with van der Waals surface area (Å²) < 4.78 is 0. The van der Waals surface area contributed by atoms with Crippen molar-refractivity contribution in [3.05, 3.63) is 29.3 Å². The van der Waals surface area contributed by atoms with Crippen LogP contribution in [0.25, 0.3) is 21.5 Å². The number of aromatic amines is 1. The standard InChI is InChI=1S/C13H14N4S/c1-2-3-8-6-9-11(16-17-12(9)14)10(7-8)13-15-4-5-18-13/h4-7H,2-3H2,1H3,(H3,14,16,17). The largest absolute Gasteiger partial charge is 0.382 e. The van der Waals surface area contributed by atoms with E-state index in [0.717, 1.165) is 34.3 Å². The van der Waals surface area contributed by atoms with Crippen LogP contribution in [0.5, 0.6) is 0 Å². The van der Waals surface area contributed by atoms with Crippen molar-refractivity contribution in [3.63, 3.8) is 0 Å². The Kier molecular flexibility index (Phi) is 2.76. The zero-order valence-corrected chi connectivity index (χ0v) is 10.9. The van der Waals surface area contributed by atoms with E-state index >= 15 is 0 Å². The number of hydrogen-bond donors (Lipinski definition) is 2. The highest BCUT2D eigenvalue weighted by Crippen LogP contribution is 2.32. The molecule has 2 heterocycles. The fraction of sp³-hybridized carbons (Fsp3) is 0.231. The van der Waals surface area contributed by atoms with E-state index in [2.05, 4.69) is 34.2 Å². The van der Waals surface area contributed by atoms with Crippen molar-refractivity contribution in [3.8, 4) is 10.6 Å². The third kappa shape index (κ3) is 1.76. The maximum absolute atomic E-state index is 5.90. The van der Waals surface area contributed by atoms with Gasteiger partial charge in [-0.25, -0.2) is 4.98 Å². The van der Waals surface area contributed by atoms with E-state index in [0.29, 0.717) is 5.82 Å². The molecule has 0 atom stereocenters. The smallest absolute Gasteiger partial charge is 0.153 e. The van der Waals surface area contributed by atoms with Crippen LogP contribution in [0.15, 0.2) is 23.7 Å². The molecule has 92 valence electrons. The van der Waals surface area contributed by atoms with Crippen LogP contribution in [0.1, 0.15) is 18.9 Å². The van der Waals surface area contributed by atoms with E-state index < -0.39 is 0 Å². The van der Waals surface area contributed by atoms with Crippen LogP contribution in [0.2, 0.25) is 0 Å². The lowest BCUT2D eigenvalue weighted by Crippen LogP contribution is -1.89. The molecule has 5 heteroatoms. The molecule has 3 rings (SSSR count). The van der Waals surface area contributed by atoms with Gasteiger partial charge in [-0.05, 0) is 24.1 Å². The summed E-state index contributed by atoms with van der Waals surface area (Å²) in [5.74, 6) is 0.556. The third-order valence-electron chi connectivity index (χ3n) is 2.96. The molecular formula is C13H14N4S. The lowest BCUT2D eigenvalue weighted by atomic mass is 10.0. The van der Waals surface area contributed by atoms with E-state index in [1.807, 2.05) is 11.6 Å². The van der Waals surface area contributed by atoms with Gasteiger partial charge in [-0.1, -0.05) is 13.3 Å². The molecule has 0 saturated carbocycles. The molecule has 1 aromatic carbocycles. The van der Waals surface area contributed by atoms with E-state index in [1.54, 1.807) is 11.3 Å². The van der Waals surface area contributed by atoms with Crippen molar-refractivity contribution in [2.24, 2.45) is 0 Å². The Morgan fingerprint density at radius 1 is 1.39 bits per heavy atom. The Morgan fingerprint density at radius 3 is 3.00 bits per heavy atom. The number of rotatable bonds is 3. The second kappa shape index (κ2) is 4.42. The van der Waals surface area contributed by atoms with Gasteiger partial charge in [0, 0.05) is 22.5 Å². The summed E-state index contributed by atoms with van der Waals surface area (Å²) in [6, 6.07) is 4.30. The van der Waals surface area contributed by atoms with Gasteiger partial charge < -0.3 is 5.73 Å². The quantitative estimate of drug-likeness (QED) is 0.758. The number of anilines is 1. The zero-order chi connectivity index (χ0) is 12.5. The molecular weight excluding hydrogens is 244 g/mol. The Bertz CT molecular complexity index is 670. The van der Waals surface area contributed by atoms with Gasteiger partial charge in [0.1, 0.15) is 5.01 Å². The molecule has 0 amide bonds. The average molecular weight is 258 g/mol. The fourth-order valence-corrected chi connectivity index (χ4v) is 2.82. The molecule has 0 unspecified atom stereocenters. The molecule has 2 aromatic heterocycles. The highest BCUT2D eigenvalue weighted by atomic mass is 32.1. The number of nitrogens with one attached hydrogen (secondary N) is 1. The first-order valence-electron chi connectivity index (χ1n) is 5.96. The van der Waals surface area contributed by atoms with Crippen LogP contribution >= 0.6 is 11.3 Å². The summed E-state index contributed by atoms with van der Waals surface area (Å²) in [4.78, 5) is 4.38. The first-order valence-corrected chi connectivity index (χ1v) is 6.84. The third-order valence-corrected chi connectivity index (χ3v) is 3.77. The van der Waals surface area contributed by atoms with Crippen LogP contribution in [-0.4, -0.2) is 15.2 Å². The number of nitrogen functional groups attached to an aromatic ring is 1. The molecule has 0 aliphatic carbocycles. The molecule has 0 fully saturated rings. The first kappa shape index (κ1) is 11.2. The molecule has 0 saturated heterocycles. The topological polar surface area (TPSA) is 67.6 Å². The molecule has 0 radical (unpaired) electrons. The van der Waals surface area contributed by atoms with Gasteiger partial charge >= 0.3 is 0 Å². The Balaban J connectivity index is 2.28. The summed E-state index contributed by atoms with van der Waals surface area (Å²) in [6.45, 7) is 2.17. The van der Waals surface area contributed by atoms with Gasteiger partial charge in [0.25, 0.3) is 0 Å². The van der Waals surface area contributed by atoms with E-state index in [1.165, 1.54) is 5.56 Å². The predicted molar refractivity (Wildman–Crippen MR) is 75.6 cm³/mol. The first-order chi connectivity index (χ1) is 8.79. The summed E-state index contributed by atoms with van der Waals surface area (Å²) in [7, 11) is 0. The average Bonchev–Trinajstić information content (AvgIpc) is 3.00. The SMILES string of the molecule is CCCc1cc(-c2nccs2)c2[nH]nc(N)c2c1. The summed E-state index contributed by atoms with van der Waals surface area (Å²) >= 11 is 1.63. The number of hydrogen-bond acceptors (Lipinski definition) is 4. The molecule has 0 spiro atoms. The lowest BCUT2D eigenvalue weighted by molar-refractivity contribution is 0.924. The summed E-state index contributed by atoms with van der Waals surface area (Å²) in [5.41, 5.74) is 9.25. The maximum Gasteiger partial charge on any atom is 0.153 e. The van der Waals surface area contributed by atoms with Crippen LogP contribution in [-0.2, 0) is 6.42 Å².